The van der Waals surface area contributed by atoms with Gasteiger partial charge in [0.1, 0.15) is 0 Å². The van der Waals surface area contributed by atoms with Gasteiger partial charge in [-0.1, -0.05) is 52.0 Å². The van der Waals surface area contributed by atoms with Crippen LogP contribution in [-0.4, -0.2) is 37.0 Å². The fourth-order valence-corrected chi connectivity index (χ4v) is 5.14. The molecule has 0 aliphatic heterocycles. The Morgan fingerprint density at radius 3 is 2.14 bits per heavy atom. The van der Waals surface area contributed by atoms with Gasteiger partial charge in [-0.05, 0) is 69.1 Å². The molecule has 2 saturated carbocycles. The lowest BCUT2D eigenvalue weighted by molar-refractivity contribution is -0.139. The van der Waals surface area contributed by atoms with E-state index in [-0.39, 0.29) is 12.2 Å². The maximum absolute atomic E-state index is 11.4. The van der Waals surface area contributed by atoms with Gasteiger partial charge in [0.2, 0.25) is 0 Å². The van der Waals surface area contributed by atoms with Gasteiger partial charge >= 0.3 is 5.97 Å². The number of hydrogen-bond acceptors (Lipinski definition) is 4. The van der Waals surface area contributed by atoms with E-state index in [1.54, 1.807) is 0 Å². The summed E-state index contributed by atoms with van der Waals surface area (Å²) in [5, 5.41) is 8.82. The standard InChI is InChI=1S/C25H44O4/c1-3-4-5-8-21-9-11-22(12-10-21)23-13-15-24(16-14-23)28-17-6-7-18-29-25(27)20(2)19-26/h21-24,26H,2-19H2,1H3. The summed E-state index contributed by atoms with van der Waals surface area (Å²) in [4.78, 5) is 11.4. The third-order valence-corrected chi connectivity index (χ3v) is 7.10. The molecule has 29 heavy (non-hydrogen) atoms. The molecule has 0 aromatic heterocycles. The van der Waals surface area contributed by atoms with Crippen LogP contribution in [0.2, 0.25) is 0 Å². The van der Waals surface area contributed by atoms with Crippen LogP contribution in [0.5, 0.6) is 0 Å². The molecule has 0 aromatic rings. The Balaban J connectivity index is 1.48. The zero-order valence-corrected chi connectivity index (χ0v) is 18.7. The average molecular weight is 409 g/mol. The summed E-state index contributed by atoms with van der Waals surface area (Å²) in [5.74, 6) is 2.42. The molecule has 1 N–H and O–H groups in total. The molecule has 0 unspecified atom stereocenters. The van der Waals surface area contributed by atoms with Crippen molar-refractivity contribution < 1.29 is 19.4 Å². The van der Waals surface area contributed by atoms with Gasteiger partial charge in [0, 0.05) is 6.61 Å². The molecule has 2 aliphatic carbocycles. The zero-order chi connectivity index (χ0) is 20.9. The number of carbonyl (C=O) groups is 1. The third-order valence-electron chi connectivity index (χ3n) is 7.10. The van der Waals surface area contributed by atoms with E-state index in [0.717, 1.165) is 37.2 Å². The fraction of sp³-hybridized carbons (Fsp3) is 0.880. The SMILES string of the molecule is C=C(CO)C(=O)OCCCCOC1CCC(C2CCC(CCCCC)CC2)CC1. The molecule has 0 atom stereocenters. The van der Waals surface area contributed by atoms with Crippen molar-refractivity contribution in [2.24, 2.45) is 17.8 Å². The molecule has 4 nitrogen and oxygen atoms in total. The molecule has 0 bridgehead atoms. The van der Waals surface area contributed by atoms with Gasteiger partial charge in [-0.3, -0.25) is 0 Å². The quantitative estimate of drug-likeness (QED) is 0.237. The summed E-state index contributed by atoms with van der Waals surface area (Å²) in [7, 11) is 0. The number of aliphatic hydroxyl groups excluding tert-OH is 1. The molecule has 0 spiro atoms. The van der Waals surface area contributed by atoms with Gasteiger partial charge < -0.3 is 14.6 Å². The highest BCUT2D eigenvalue weighted by atomic mass is 16.5. The summed E-state index contributed by atoms with van der Waals surface area (Å²) < 4.78 is 11.1. The van der Waals surface area contributed by atoms with E-state index in [2.05, 4.69) is 13.5 Å². The number of ether oxygens (including phenoxy) is 2. The van der Waals surface area contributed by atoms with Gasteiger partial charge in [-0.15, -0.1) is 0 Å². The Hall–Kier alpha value is -0.870. The van der Waals surface area contributed by atoms with E-state index in [9.17, 15) is 4.79 Å². The molecule has 2 aliphatic rings. The van der Waals surface area contributed by atoms with E-state index in [1.807, 2.05) is 0 Å². The number of aliphatic hydroxyl groups is 1. The maximum atomic E-state index is 11.4. The number of rotatable bonds is 13. The van der Waals surface area contributed by atoms with Crippen molar-refractivity contribution in [3.63, 3.8) is 0 Å². The lowest BCUT2D eigenvalue weighted by atomic mass is 9.70. The largest absolute Gasteiger partial charge is 0.462 e. The monoisotopic (exact) mass is 408 g/mol. The Morgan fingerprint density at radius 1 is 0.897 bits per heavy atom. The van der Waals surface area contributed by atoms with Crippen LogP contribution >= 0.6 is 0 Å². The smallest absolute Gasteiger partial charge is 0.335 e. The molecular formula is C25H44O4. The average Bonchev–Trinajstić information content (AvgIpc) is 2.76. The topological polar surface area (TPSA) is 55.8 Å². The number of hydrogen-bond donors (Lipinski definition) is 1. The predicted molar refractivity (Wildman–Crippen MR) is 118 cm³/mol. The molecule has 0 heterocycles. The molecule has 2 fully saturated rings. The van der Waals surface area contributed by atoms with Crippen LogP contribution in [0.3, 0.4) is 0 Å². The molecule has 0 saturated heterocycles. The Morgan fingerprint density at radius 2 is 1.52 bits per heavy atom. The normalized spacial score (nSPS) is 27.5. The predicted octanol–water partition coefficient (Wildman–Crippen LogP) is 5.82. The first-order chi connectivity index (χ1) is 14.1. The van der Waals surface area contributed by atoms with Gasteiger partial charge in [0.15, 0.2) is 0 Å². The van der Waals surface area contributed by atoms with E-state index in [4.69, 9.17) is 14.6 Å². The first kappa shape index (κ1) is 24.4. The summed E-state index contributed by atoms with van der Waals surface area (Å²) in [6.07, 6.45) is 18.8. The summed E-state index contributed by atoms with van der Waals surface area (Å²) in [6.45, 7) is 6.53. The first-order valence-corrected chi connectivity index (χ1v) is 12.2. The minimum Gasteiger partial charge on any atom is -0.462 e. The summed E-state index contributed by atoms with van der Waals surface area (Å²) in [6, 6.07) is 0. The fourth-order valence-electron chi connectivity index (χ4n) is 5.14. The number of carbonyl (C=O) groups excluding carboxylic acids is 1. The van der Waals surface area contributed by atoms with Crippen LogP contribution in [0.15, 0.2) is 12.2 Å². The van der Waals surface area contributed by atoms with Gasteiger partial charge in [0.05, 0.1) is 24.9 Å². The maximum Gasteiger partial charge on any atom is 0.335 e. The second kappa shape index (κ2) is 14.2. The molecule has 0 aromatic carbocycles. The van der Waals surface area contributed by atoms with Gasteiger partial charge in [-0.2, -0.15) is 0 Å². The highest BCUT2D eigenvalue weighted by Crippen LogP contribution is 2.41. The second-order valence-corrected chi connectivity index (χ2v) is 9.29. The third kappa shape index (κ3) is 9.21. The Kier molecular flexibility index (Phi) is 11.9. The van der Waals surface area contributed by atoms with E-state index < -0.39 is 5.97 Å². The van der Waals surface area contributed by atoms with E-state index in [0.29, 0.717) is 12.7 Å². The van der Waals surface area contributed by atoms with Crippen LogP contribution in [0.25, 0.3) is 0 Å². The van der Waals surface area contributed by atoms with Crippen molar-refractivity contribution in [2.75, 3.05) is 19.8 Å². The van der Waals surface area contributed by atoms with Crippen molar-refractivity contribution in [3.05, 3.63) is 12.2 Å². The molecule has 0 amide bonds. The second-order valence-electron chi connectivity index (χ2n) is 9.29. The van der Waals surface area contributed by atoms with Crippen molar-refractivity contribution in [1.82, 2.24) is 0 Å². The lowest BCUT2D eigenvalue weighted by Crippen LogP contribution is -2.28. The minimum atomic E-state index is -0.498. The summed E-state index contributed by atoms with van der Waals surface area (Å²) in [5.41, 5.74) is 0.114. The summed E-state index contributed by atoms with van der Waals surface area (Å²) >= 11 is 0. The van der Waals surface area contributed by atoms with E-state index >= 15 is 0 Å². The number of unbranched alkanes of at least 4 members (excludes halogenated alkanes) is 3. The molecule has 2 rings (SSSR count). The van der Waals surface area contributed by atoms with Crippen LogP contribution in [0.4, 0.5) is 0 Å². The minimum absolute atomic E-state index is 0.114. The molecular weight excluding hydrogens is 364 g/mol. The van der Waals surface area contributed by atoms with Crippen molar-refractivity contribution in [3.8, 4) is 0 Å². The Bertz CT molecular complexity index is 459. The number of esters is 1. The van der Waals surface area contributed by atoms with E-state index in [1.165, 1.54) is 77.0 Å². The molecule has 4 heteroatoms. The highest BCUT2D eigenvalue weighted by molar-refractivity contribution is 5.87. The van der Waals surface area contributed by atoms with Crippen molar-refractivity contribution in [1.29, 1.82) is 0 Å². The van der Waals surface area contributed by atoms with Gasteiger partial charge in [0.25, 0.3) is 0 Å². The van der Waals surface area contributed by atoms with Crippen LogP contribution in [0.1, 0.15) is 96.8 Å². The van der Waals surface area contributed by atoms with Crippen LogP contribution in [-0.2, 0) is 14.3 Å². The highest BCUT2D eigenvalue weighted by Gasteiger charge is 2.30. The van der Waals surface area contributed by atoms with Crippen molar-refractivity contribution >= 4 is 5.97 Å². The molecule has 0 radical (unpaired) electrons. The molecule has 168 valence electrons. The van der Waals surface area contributed by atoms with Gasteiger partial charge in [-0.25, -0.2) is 4.79 Å². The van der Waals surface area contributed by atoms with Crippen LogP contribution in [0, 0.1) is 17.8 Å². The first-order valence-electron chi connectivity index (χ1n) is 12.2. The van der Waals surface area contributed by atoms with Crippen molar-refractivity contribution in [2.45, 2.75) is 103 Å². The lowest BCUT2D eigenvalue weighted by Gasteiger charge is -2.38. The van der Waals surface area contributed by atoms with Crippen LogP contribution < -0.4 is 0 Å². The Labute approximate surface area is 178 Å². The zero-order valence-electron chi connectivity index (χ0n) is 18.7.